The number of rotatable bonds is 2. The van der Waals surface area contributed by atoms with E-state index in [0.29, 0.717) is 0 Å². The summed E-state index contributed by atoms with van der Waals surface area (Å²) in [6.45, 7) is 0. The number of benzene rings is 1. The van der Waals surface area contributed by atoms with Gasteiger partial charge in [0.1, 0.15) is 0 Å². The molecule has 1 aromatic carbocycles. The van der Waals surface area contributed by atoms with Crippen LogP contribution >= 0.6 is 11.6 Å². The molecule has 0 unspecified atom stereocenters. The first-order valence-electron chi connectivity index (χ1n) is 5.97. The van der Waals surface area contributed by atoms with Gasteiger partial charge in [0.05, 0.1) is 5.56 Å². The van der Waals surface area contributed by atoms with Gasteiger partial charge in [0.25, 0.3) is 5.91 Å². The van der Waals surface area contributed by atoms with E-state index in [9.17, 15) is 13.6 Å². The third-order valence-corrected chi connectivity index (χ3v) is 3.62. The normalized spacial score (nSPS) is 23.7. The van der Waals surface area contributed by atoms with Gasteiger partial charge in [-0.2, -0.15) is 0 Å². The Balaban J connectivity index is 2.01. The molecule has 0 radical (unpaired) electrons. The Labute approximate surface area is 109 Å². The van der Waals surface area contributed by atoms with E-state index >= 15 is 0 Å². The first-order valence-corrected chi connectivity index (χ1v) is 6.40. The molecule has 2 nitrogen and oxygen atoms in total. The van der Waals surface area contributed by atoms with E-state index in [0.717, 1.165) is 31.7 Å². The standard InChI is InChI=1S/C13H14ClF2NO/c14-8-4-6-9(7-5-8)17-13(18)10-2-1-3-11(15)12(10)16/h1-3,8-9H,4-7H2,(H,17,18). The van der Waals surface area contributed by atoms with Crippen LogP contribution in [0.2, 0.25) is 0 Å². The van der Waals surface area contributed by atoms with Crippen molar-refractivity contribution >= 4 is 17.5 Å². The smallest absolute Gasteiger partial charge is 0.254 e. The fraction of sp³-hybridized carbons (Fsp3) is 0.462. The number of hydrogen-bond donors (Lipinski definition) is 1. The van der Waals surface area contributed by atoms with Gasteiger partial charge < -0.3 is 5.32 Å². The average molecular weight is 274 g/mol. The highest BCUT2D eigenvalue weighted by Crippen LogP contribution is 2.23. The maximum absolute atomic E-state index is 13.4. The third-order valence-electron chi connectivity index (χ3n) is 3.19. The lowest BCUT2D eigenvalue weighted by atomic mass is 9.95. The van der Waals surface area contributed by atoms with Crippen molar-refractivity contribution in [2.45, 2.75) is 37.1 Å². The van der Waals surface area contributed by atoms with Crippen molar-refractivity contribution in [2.24, 2.45) is 0 Å². The lowest BCUT2D eigenvalue weighted by molar-refractivity contribution is 0.0923. The number of nitrogens with one attached hydrogen (secondary N) is 1. The summed E-state index contributed by atoms with van der Waals surface area (Å²) in [6, 6.07) is 3.59. The largest absolute Gasteiger partial charge is 0.349 e. The van der Waals surface area contributed by atoms with Crippen LogP contribution in [0, 0.1) is 11.6 Å². The minimum atomic E-state index is -1.10. The van der Waals surface area contributed by atoms with Gasteiger partial charge in [0, 0.05) is 11.4 Å². The molecule has 18 heavy (non-hydrogen) atoms. The predicted octanol–water partition coefficient (Wildman–Crippen LogP) is 3.24. The summed E-state index contributed by atoms with van der Waals surface area (Å²) >= 11 is 5.96. The van der Waals surface area contributed by atoms with Gasteiger partial charge in [-0.15, -0.1) is 11.6 Å². The zero-order valence-corrected chi connectivity index (χ0v) is 10.5. The van der Waals surface area contributed by atoms with E-state index in [1.54, 1.807) is 0 Å². The quantitative estimate of drug-likeness (QED) is 0.824. The molecule has 0 saturated heterocycles. The highest BCUT2D eigenvalue weighted by Gasteiger charge is 2.23. The van der Waals surface area contributed by atoms with Crippen molar-refractivity contribution in [1.29, 1.82) is 0 Å². The fourth-order valence-electron chi connectivity index (χ4n) is 2.14. The Kier molecular flexibility index (Phi) is 4.17. The van der Waals surface area contributed by atoms with E-state index < -0.39 is 17.5 Å². The highest BCUT2D eigenvalue weighted by atomic mass is 35.5. The number of carbonyl (C=O) groups is 1. The molecule has 0 atom stereocenters. The van der Waals surface area contributed by atoms with E-state index in [2.05, 4.69) is 5.32 Å². The molecule has 0 spiro atoms. The van der Waals surface area contributed by atoms with E-state index in [4.69, 9.17) is 11.6 Å². The molecule has 1 aliphatic rings. The van der Waals surface area contributed by atoms with Gasteiger partial charge in [-0.25, -0.2) is 8.78 Å². The summed E-state index contributed by atoms with van der Waals surface area (Å²) in [4.78, 5) is 11.8. The SMILES string of the molecule is O=C(NC1CCC(Cl)CC1)c1cccc(F)c1F. The van der Waals surface area contributed by atoms with Gasteiger partial charge in [0.15, 0.2) is 11.6 Å². The Bertz CT molecular complexity index is 445. The van der Waals surface area contributed by atoms with Crippen LogP contribution < -0.4 is 5.32 Å². The predicted molar refractivity (Wildman–Crippen MR) is 65.7 cm³/mol. The van der Waals surface area contributed by atoms with Crippen molar-refractivity contribution in [3.05, 3.63) is 35.4 Å². The first kappa shape index (κ1) is 13.3. The lowest BCUT2D eigenvalue weighted by Crippen LogP contribution is -2.38. The molecule has 0 bridgehead atoms. The zero-order chi connectivity index (χ0) is 13.1. The molecule has 2 rings (SSSR count). The van der Waals surface area contributed by atoms with Crippen molar-refractivity contribution in [2.75, 3.05) is 0 Å². The van der Waals surface area contributed by atoms with Crippen molar-refractivity contribution < 1.29 is 13.6 Å². The van der Waals surface area contributed by atoms with E-state index in [-0.39, 0.29) is 17.0 Å². The molecule has 0 aliphatic heterocycles. The van der Waals surface area contributed by atoms with Gasteiger partial charge in [0.2, 0.25) is 0 Å². The van der Waals surface area contributed by atoms with Gasteiger partial charge in [-0.1, -0.05) is 6.07 Å². The molecule has 1 fully saturated rings. The molecule has 5 heteroatoms. The summed E-state index contributed by atoms with van der Waals surface area (Å²) in [5.74, 6) is -2.67. The Morgan fingerprint density at radius 1 is 1.22 bits per heavy atom. The average Bonchev–Trinajstić information content (AvgIpc) is 2.35. The van der Waals surface area contributed by atoms with Crippen LogP contribution in [-0.2, 0) is 0 Å². The molecule has 1 aromatic rings. The molecule has 1 saturated carbocycles. The zero-order valence-electron chi connectivity index (χ0n) is 9.76. The highest BCUT2D eigenvalue weighted by molar-refractivity contribution is 6.20. The Morgan fingerprint density at radius 3 is 2.56 bits per heavy atom. The van der Waals surface area contributed by atoms with Crippen molar-refractivity contribution in [3.63, 3.8) is 0 Å². The van der Waals surface area contributed by atoms with Crippen LogP contribution in [0.15, 0.2) is 18.2 Å². The second-order valence-corrected chi connectivity index (χ2v) is 5.14. The first-order chi connectivity index (χ1) is 8.58. The monoisotopic (exact) mass is 273 g/mol. The number of alkyl halides is 1. The van der Waals surface area contributed by atoms with Crippen molar-refractivity contribution in [1.82, 2.24) is 5.32 Å². The van der Waals surface area contributed by atoms with Crippen molar-refractivity contribution in [3.8, 4) is 0 Å². The Hall–Kier alpha value is -1.16. The molecule has 0 heterocycles. The van der Waals surface area contributed by atoms with Crippen LogP contribution in [0.1, 0.15) is 36.0 Å². The summed E-state index contributed by atoms with van der Waals surface area (Å²) in [5.41, 5.74) is -0.247. The molecule has 1 N–H and O–H groups in total. The van der Waals surface area contributed by atoms with E-state index in [1.807, 2.05) is 0 Å². The maximum atomic E-state index is 13.4. The molecule has 1 aliphatic carbocycles. The molecule has 0 aromatic heterocycles. The topological polar surface area (TPSA) is 29.1 Å². The Morgan fingerprint density at radius 2 is 1.89 bits per heavy atom. The second kappa shape index (κ2) is 5.65. The number of halogens is 3. The lowest BCUT2D eigenvalue weighted by Gasteiger charge is -2.25. The molecular weight excluding hydrogens is 260 g/mol. The molecule has 1 amide bonds. The van der Waals surface area contributed by atoms with Gasteiger partial charge in [-0.05, 0) is 37.8 Å². The number of hydrogen-bond acceptors (Lipinski definition) is 1. The fourth-order valence-corrected chi connectivity index (χ4v) is 2.39. The van der Waals surface area contributed by atoms with Crippen LogP contribution in [0.4, 0.5) is 8.78 Å². The van der Waals surface area contributed by atoms with Crippen LogP contribution in [-0.4, -0.2) is 17.3 Å². The summed E-state index contributed by atoms with van der Waals surface area (Å²) in [6.07, 6.45) is 3.21. The van der Waals surface area contributed by atoms with Gasteiger partial charge >= 0.3 is 0 Å². The molecular formula is C13H14ClF2NO. The minimum Gasteiger partial charge on any atom is -0.349 e. The molecule has 98 valence electrons. The number of amides is 1. The number of carbonyl (C=O) groups excluding carboxylic acids is 1. The van der Waals surface area contributed by atoms with E-state index in [1.165, 1.54) is 12.1 Å². The maximum Gasteiger partial charge on any atom is 0.254 e. The second-order valence-electron chi connectivity index (χ2n) is 4.52. The summed E-state index contributed by atoms with van der Waals surface area (Å²) < 4.78 is 26.4. The summed E-state index contributed by atoms with van der Waals surface area (Å²) in [7, 11) is 0. The minimum absolute atomic E-state index is 0.00447. The summed E-state index contributed by atoms with van der Waals surface area (Å²) in [5, 5.41) is 2.88. The third kappa shape index (κ3) is 2.99. The van der Waals surface area contributed by atoms with Crippen LogP contribution in [0.25, 0.3) is 0 Å². The van der Waals surface area contributed by atoms with Crippen LogP contribution in [0.5, 0.6) is 0 Å². The van der Waals surface area contributed by atoms with Crippen LogP contribution in [0.3, 0.4) is 0 Å². The van der Waals surface area contributed by atoms with Gasteiger partial charge in [-0.3, -0.25) is 4.79 Å².